The highest BCUT2D eigenvalue weighted by Crippen LogP contribution is 2.36. The third-order valence-corrected chi connectivity index (χ3v) is 4.63. The maximum Gasteiger partial charge on any atom is 0.195 e. The molecular formula is C12H16ClN3S. The molecule has 2 aromatic heterocycles. The molecule has 17 heavy (non-hydrogen) atoms. The van der Waals surface area contributed by atoms with Crippen molar-refractivity contribution < 1.29 is 0 Å². The van der Waals surface area contributed by atoms with Crippen LogP contribution in [0.3, 0.4) is 0 Å². The molecule has 0 bridgehead atoms. The van der Waals surface area contributed by atoms with Crippen molar-refractivity contribution in [1.82, 2.24) is 9.38 Å². The third kappa shape index (κ3) is 1.66. The van der Waals surface area contributed by atoms with Crippen LogP contribution in [0, 0.1) is 0 Å². The molecule has 5 heteroatoms. The van der Waals surface area contributed by atoms with Crippen molar-refractivity contribution in [2.45, 2.75) is 38.1 Å². The first kappa shape index (κ1) is 11.4. The summed E-state index contributed by atoms with van der Waals surface area (Å²) in [6.07, 6.45) is 4.51. The summed E-state index contributed by atoms with van der Waals surface area (Å²) < 4.78 is 2.11. The normalized spacial score (nSPS) is 19.4. The van der Waals surface area contributed by atoms with E-state index in [2.05, 4.69) is 34.7 Å². The number of anilines is 1. The van der Waals surface area contributed by atoms with Crippen molar-refractivity contribution >= 4 is 33.7 Å². The van der Waals surface area contributed by atoms with Crippen molar-refractivity contribution in [1.29, 1.82) is 0 Å². The second kappa shape index (κ2) is 3.89. The quantitative estimate of drug-likeness (QED) is 0.778. The summed E-state index contributed by atoms with van der Waals surface area (Å²) in [4.78, 5) is 8.19. The average molecular weight is 270 g/mol. The van der Waals surface area contributed by atoms with Crippen LogP contribution in [0.4, 0.5) is 5.82 Å². The van der Waals surface area contributed by atoms with Crippen LogP contribution in [0.15, 0.2) is 11.6 Å². The lowest BCUT2D eigenvalue weighted by Gasteiger charge is -2.32. The summed E-state index contributed by atoms with van der Waals surface area (Å²) in [7, 11) is 0. The minimum atomic E-state index is 0.199. The van der Waals surface area contributed by atoms with Gasteiger partial charge in [-0.05, 0) is 26.7 Å². The minimum absolute atomic E-state index is 0.199. The van der Waals surface area contributed by atoms with Gasteiger partial charge in [-0.15, -0.1) is 22.9 Å². The number of nitrogens with zero attached hydrogens (tertiary/aromatic N) is 3. The first-order chi connectivity index (χ1) is 8.13. The monoisotopic (exact) mass is 269 g/mol. The topological polar surface area (TPSA) is 20.5 Å². The van der Waals surface area contributed by atoms with Gasteiger partial charge in [-0.25, -0.2) is 4.98 Å². The van der Waals surface area contributed by atoms with E-state index >= 15 is 0 Å². The van der Waals surface area contributed by atoms with E-state index in [0.717, 1.165) is 23.0 Å². The first-order valence-corrected chi connectivity index (χ1v) is 7.33. The third-order valence-electron chi connectivity index (χ3n) is 3.62. The predicted octanol–water partition coefficient (Wildman–Crippen LogP) is 3.51. The molecule has 1 aliphatic heterocycles. The summed E-state index contributed by atoms with van der Waals surface area (Å²) >= 11 is 7.76. The first-order valence-electron chi connectivity index (χ1n) is 5.91. The van der Waals surface area contributed by atoms with Gasteiger partial charge in [0.25, 0.3) is 0 Å². The molecule has 1 aliphatic rings. The molecule has 1 saturated heterocycles. The number of aromatic nitrogens is 2. The predicted molar refractivity (Wildman–Crippen MR) is 73.3 cm³/mol. The second-order valence-electron chi connectivity index (χ2n) is 5.14. The van der Waals surface area contributed by atoms with E-state index in [4.69, 9.17) is 16.6 Å². The highest BCUT2D eigenvalue weighted by Gasteiger charge is 2.35. The van der Waals surface area contributed by atoms with Crippen LogP contribution in [-0.2, 0) is 5.88 Å². The van der Waals surface area contributed by atoms with Gasteiger partial charge in [0.15, 0.2) is 10.8 Å². The smallest absolute Gasteiger partial charge is 0.195 e. The molecule has 0 aromatic carbocycles. The fourth-order valence-electron chi connectivity index (χ4n) is 2.66. The number of hydrogen-bond donors (Lipinski definition) is 0. The van der Waals surface area contributed by atoms with E-state index in [1.54, 1.807) is 11.3 Å². The second-order valence-corrected chi connectivity index (χ2v) is 6.28. The Morgan fingerprint density at radius 2 is 2.35 bits per heavy atom. The maximum absolute atomic E-state index is 6.10. The largest absolute Gasteiger partial charge is 0.350 e. The van der Waals surface area contributed by atoms with Gasteiger partial charge in [0.1, 0.15) is 0 Å². The Labute approximate surface area is 110 Å². The molecule has 0 saturated carbocycles. The van der Waals surface area contributed by atoms with Crippen LogP contribution in [0.25, 0.3) is 4.96 Å². The Hall–Kier alpha value is -0.740. The van der Waals surface area contributed by atoms with Crippen LogP contribution in [0.2, 0.25) is 0 Å². The summed E-state index contributed by atoms with van der Waals surface area (Å²) in [5.41, 5.74) is 1.32. The van der Waals surface area contributed by atoms with Crippen molar-refractivity contribution in [2.75, 3.05) is 11.4 Å². The lowest BCUT2D eigenvalue weighted by atomic mass is 10.0. The van der Waals surface area contributed by atoms with Crippen LogP contribution in [-0.4, -0.2) is 21.5 Å². The number of halogens is 1. The SMILES string of the molecule is CC1(C)CCCN1c1nc2sccn2c1CCl. The van der Waals surface area contributed by atoms with Crippen LogP contribution < -0.4 is 4.90 Å². The summed E-state index contributed by atoms with van der Waals surface area (Å²) in [6, 6.07) is 0. The highest BCUT2D eigenvalue weighted by molar-refractivity contribution is 7.15. The summed E-state index contributed by atoms with van der Waals surface area (Å²) in [5, 5.41) is 2.05. The van der Waals surface area contributed by atoms with Gasteiger partial charge < -0.3 is 4.90 Å². The molecular weight excluding hydrogens is 254 g/mol. The molecule has 0 radical (unpaired) electrons. The molecule has 3 rings (SSSR count). The zero-order valence-electron chi connectivity index (χ0n) is 10.1. The Bertz CT molecular complexity index is 543. The Morgan fingerprint density at radius 3 is 3.00 bits per heavy atom. The number of imidazole rings is 1. The van der Waals surface area contributed by atoms with Gasteiger partial charge in [0.2, 0.25) is 0 Å². The molecule has 0 amide bonds. The van der Waals surface area contributed by atoms with Crippen molar-refractivity contribution in [2.24, 2.45) is 0 Å². The molecule has 0 spiro atoms. The lowest BCUT2D eigenvalue weighted by Crippen LogP contribution is -2.38. The number of thiazole rings is 1. The van der Waals surface area contributed by atoms with Gasteiger partial charge in [0, 0.05) is 23.7 Å². The Balaban J connectivity index is 2.13. The zero-order valence-corrected chi connectivity index (χ0v) is 11.7. The minimum Gasteiger partial charge on any atom is -0.350 e. The maximum atomic E-state index is 6.10. The Morgan fingerprint density at radius 1 is 1.53 bits per heavy atom. The number of fused-ring (bicyclic) bond motifs is 1. The number of hydrogen-bond acceptors (Lipinski definition) is 3. The van der Waals surface area contributed by atoms with E-state index in [1.165, 1.54) is 12.8 Å². The summed E-state index contributed by atoms with van der Waals surface area (Å²) in [6.45, 7) is 5.65. The standard InChI is InChI=1S/C12H16ClN3S/c1-12(2)4-3-5-16(12)10-9(8-13)15-6-7-17-11(15)14-10/h6-7H,3-5,8H2,1-2H3. The fourth-order valence-corrected chi connectivity index (χ4v) is 3.64. The fraction of sp³-hybridized carbons (Fsp3) is 0.583. The van der Waals surface area contributed by atoms with Gasteiger partial charge in [-0.2, -0.15) is 0 Å². The average Bonchev–Trinajstić information content (AvgIpc) is 2.89. The van der Waals surface area contributed by atoms with Gasteiger partial charge >= 0.3 is 0 Å². The number of rotatable bonds is 2. The molecule has 1 fully saturated rings. The van der Waals surface area contributed by atoms with Gasteiger partial charge in [0.05, 0.1) is 11.6 Å². The number of alkyl halides is 1. The molecule has 0 atom stereocenters. The van der Waals surface area contributed by atoms with E-state index in [1.807, 2.05) is 0 Å². The van der Waals surface area contributed by atoms with E-state index in [9.17, 15) is 0 Å². The van der Waals surface area contributed by atoms with Crippen molar-refractivity contribution in [3.8, 4) is 0 Å². The molecule has 2 aromatic rings. The van der Waals surface area contributed by atoms with Crippen LogP contribution in [0.1, 0.15) is 32.4 Å². The van der Waals surface area contributed by atoms with Crippen LogP contribution >= 0.6 is 22.9 Å². The lowest BCUT2D eigenvalue weighted by molar-refractivity contribution is 0.514. The zero-order chi connectivity index (χ0) is 12.0. The van der Waals surface area contributed by atoms with E-state index < -0.39 is 0 Å². The van der Waals surface area contributed by atoms with Gasteiger partial charge in [-0.3, -0.25) is 4.40 Å². The van der Waals surface area contributed by atoms with E-state index in [0.29, 0.717) is 5.88 Å². The van der Waals surface area contributed by atoms with Crippen LogP contribution in [0.5, 0.6) is 0 Å². The molecule has 0 N–H and O–H groups in total. The summed E-state index contributed by atoms with van der Waals surface area (Å²) in [5.74, 6) is 1.59. The van der Waals surface area contributed by atoms with Crippen molar-refractivity contribution in [3.05, 3.63) is 17.3 Å². The van der Waals surface area contributed by atoms with Crippen molar-refractivity contribution in [3.63, 3.8) is 0 Å². The molecule has 0 unspecified atom stereocenters. The highest BCUT2D eigenvalue weighted by atomic mass is 35.5. The molecule has 92 valence electrons. The molecule has 3 nitrogen and oxygen atoms in total. The molecule has 0 aliphatic carbocycles. The Kier molecular flexibility index (Phi) is 2.60. The molecule has 3 heterocycles. The van der Waals surface area contributed by atoms with Gasteiger partial charge in [-0.1, -0.05) is 0 Å². The van der Waals surface area contributed by atoms with E-state index in [-0.39, 0.29) is 5.54 Å².